The first-order chi connectivity index (χ1) is 9.31. The zero-order valence-electron chi connectivity index (χ0n) is 12.4. The van der Waals surface area contributed by atoms with Crippen LogP contribution in [0.1, 0.15) is 37.6 Å². The van der Waals surface area contributed by atoms with Gasteiger partial charge in [0.05, 0.1) is 5.56 Å². The number of nitrogens with one attached hydrogen (secondary N) is 3. The van der Waals surface area contributed by atoms with Crippen molar-refractivity contribution >= 4 is 17.6 Å². The van der Waals surface area contributed by atoms with Crippen LogP contribution >= 0.6 is 0 Å². The van der Waals surface area contributed by atoms with E-state index in [1.54, 1.807) is 19.2 Å². The lowest BCUT2D eigenvalue weighted by atomic mass is 10.1. The Hall–Kier alpha value is -2.11. The van der Waals surface area contributed by atoms with Crippen LogP contribution in [0.15, 0.2) is 18.3 Å². The van der Waals surface area contributed by atoms with Gasteiger partial charge in [0.2, 0.25) is 5.91 Å². The average Bonchev–Trinajstić information content (AvgIpc) is 2.36. The molecule has 0 bridgehead atoms. The smallest absolute Gasteiger partial charge is 0.252 e. The lowest BCUT2D eigenvalue weighted by molar-refractivity contribution is -0.122. The first-order valence-electron chi connectivity index (χ1n) is 6.55. The predicted molar refractivity (Wildman–Crippen MR) is 78.6 cm³/mol. The monoisotopic (exact) mass is 278 g/mol. The first-order valence-corrected chi connectivity index (χ1v) is 6.55. The molecular formula is C14H22N4O2. The van der Waals surface area contributed by atoms with E-state index in [1.165, 1.54) is 6.20 Å². The summed E-state index contributed by atoms with van der Waals surface area (Å²) in [4.78, 5) is 27.4. The van der Waals surface area contributed by atoms with E-state index in [4.69, 9.17) is 0 Å². The minimum atomic E-state index is -0.256. The molecule has 0 unspecified atom stereocenters. The van der Waals surface area contributed by atoms with Gasteiger partial charge in [0.25, 0.3) is 5.91 Å². The number of aromatic nitrogens is 1. The molecule has 0 radical (unpaired) electrons. The van der Waals surface area contributed by atoms with Crippen LogP contribution in [0.3, 0.4) is 0 Å². The lowest BCUT2D eigenvalue weighted by Crippen LogP contribution is -2.42. The molecule has 110 valence electrons. The fourth-order valence-electron chi connectivity index (χ4n) is 1.55. The molecule has 6 nitrogen and oxygen atoms in total. The molecule has 0 saturated carbocycles. The first kappa shape index (κ1) is 15.9. The summed E-state index contributed by atoms with van der Waals surface area (Å²) >= 11 is 0. The van der Waals surface area contributed by atoms with Gasteiger partial charge in [-0.1, -0.05) is 0 Å². The van der Waals surface area contributed by atoms with Crippen molar-refractivity contribution < 1.29 is 9.59 Å². The van der Waals surface area contributed by atoms with E-state index in [0.717, 1.165) is 0 Å². The molecule has 3 N–H and O–H groups in total. The van der Waals surface area contributed by atoms with E-state index in [0.29, 0.717) is 17.9 Å². The van der Waals surface area contributed by atoms with Gasteiger partial charge in [-0.3, -0.25) is 9.59 Å². The third kappa shape index (κ3) is 5.69. The molecule has 1 rings (SSSR count). The fraction of sp³-hybridized carbons (Fsp3) is 0.500. The summed E-state index contributed by atoms with van der Waals surface area (Å²) in [5.41, 5.74) is 0.216. The minimum Gasteiger partial charge on any atom is -0.373 e. The lowest BCUT2D eigenvalue weighted by Gasteiger charge is -2.20. The maximum atomic E-state index is 11.8. The van der Waals surface area contributed by atoms with Crippen molar-refractivity contribution in [3.05, 3.63) is 23.9 Å². The topological polar surface area (TPSA) is 83.1 Å². The molecule has 0 atom stereocenters. The van der Waals surface area contributed by atoms with Gasteiger partial charge in [0, 0.05) is 31.7 Å². The summed E-state index contributed by atoms with van der Waals surface area (Å²) in [5, 5.41) is 8.41. The zero-order valence-corrected chi connectivity index (χ0v) is 12.4. The second-order valence-electron chi connectivity index (χ2n) is 5.49. The Bertz CT molecular complexity index is 463. The summed E-state index contributed by atoms with van der Waals surface area (Å²) < 4.78 is 0. The highest BCUT2D eigenvalue weighted by Crippen LogP contribution is 2.04. The van der Waals surface area contributed by atoms with Gasteiger partial charge in [-0.25, -0.2) is 4.98 Å². The fourth-order valence-corrected chi connectivity index (χ4v) is 1.55. The molecule has 0 spiro atoms. The van der Waals surface area contributed by atoms with E-state index in [9.17, 15) is 9.59 Å². The van der Waals surface area contributed by atoms with E-state index < -0.39 is 0 Å². The summed E-state index contributed by atoms with van der Waals surface area (Å²) in [6.07, 6.45) is 1.75. The largest absolute Gasteiger partial charge is 0.373 e. The molecule has 0 fully saturated rings. The number of carbonyl (C=O) groups is 2. The molecule has 0 aromatic carbocycles. The zero-order chi connectivity index (χ0) is 15.2. The van der Waals surface area contributed by atoms with E-state index in [1.807, 2.05) is 20.8 Å². The SMILES string of the molecule is CNc1ccc(C(=O)NCCC(=O)NC(C)(C)C)cn1. The Kier molecular flexibility index (Phi) is 5.49. The number of amides is 2. The number of pyridine rings is 1. The second-order valence-corrected chi connectivity index (χ2v) is 5.49. The molecule has 0 aliphatic heterocycles. The molecule has 6 heteroatoms. The Morgan fingerprint density at radius 2 is 1.95 bits per heavy atom. The Labute approximate surface area is 119 Å². The average molecular weight is 278 g/mol. The van der Waals surface area contributed by atoms with Gasteiger partial charge in [0.15, 0.2) is 0 Å². The van der Waals surface area contributed by atoms with Gasteiger partial charge in [-0.2, -0.15) is 0 Å². The van der Waals surface area contributed by atoms with Crippen molar-refractivity contribution in [3.63, 3.8) is 0 Å². The molecule has 0 aliphatic carbocycles. The molecule has 0 saturated heterocycles. The standard InChI is InChI=1S/C14H22N4O2/c1-14(2,3)18-12(19)7-8-16-13(20)10-5-6-11(15-4)17-9-10/h5-6,9H,7-8H2,1-4H3,(H,15,17)(H,16,20)(H,18,19). The Morgan fingerprint density at radius 3 is 2.45 bits per heavy atom. The third-order valence-corrected chi connectivity index (χ3v) is 2.43. The number of carbonyl (C=O) groups excluding carboxylic acids is 2. The highest BCUT2D eigenvalue weighted by atomic mass is 16.2. The van der Waals surface area contributed by atoms with E-state index in [-0.39, 0.29) is 23.8 Å². The van der Waals surface area contributed by atoms with Crippen LogP contribution in [-0.2, 0) is 4.79 Å². The normalized spacial score (nSPS) is 10.8. The van der Waals surface area contributed by atoms with Crippen LogP contribution < -0.4 is 16.0 Å². The van der Waals surface area contributed by atoms with Crippen molar-refractivity contribution in [1.29, 1.82) is 0 Å². The quantitative estimate of drug-likeness (QED) is 0.754. The van der Waals surface area contributed by atoms with Gasteiger partial charge < -0.3 is 16.0 Å². The van der Waals surface area contributed by atoms with Crippen molar-refractivity contribution in [3.8, 4) is 0 Å². The molecule has 20 heavy (non-hydrogen) atoms. The number of rotatable bonds is 5. The molecule has 1 heterocycles. The highest BCUT2D eigenvalue weighted by Gasteiger charge is 2.13. The van der Waals surface area contributed by atoms with Gasteiger partial charge in [-0.15, -0.1) is 0 Å². The molecule has 0 aliphatic rings. The van der Waals surface area contributed by atoms with Crippen molar-refractivity contribution in [2.24, 2.45) is 0 Å². The Balaban J connectivity index is 2.38. The van der Waals surface area contributed by atoms with E-state index in [2.05, 4.69) is 20.9 Å². The summed E-state index contributed by atoms with van der Waals surface area (Å²) in [6.45, 7) is 6.05. The van der Waals surface area contributed by atoms with Crippen molar-refractivity contribution in [2.45, 2.75) is 32.7 Å². The Morgan fingerprint density at radius 1 is 1.25 bits per heavy atom. The number of hydrogen-bond acceptors (Lipinski definition) is 4. The van der Waals surface area contributed by atoms with Gasteiger partial charge in [-0.05, 0) is 32.9 Å². The molecule has 1 aromatic heterocycles. The highest BCUT2D eigenvalue weighted by molar-refractivity contribution is 5.94. The van der Waals surface area contributed by atoms with Crippen molar-refractivity contribution in [1.82, 2.24) is 15.6 Å². The van der Waals surface area contributed by atoms with Gasteiger partial charge >= 0.3 is 0 Å². The van der Waals surface area contributed by atoms with Crippen LogP contribution in [0.5, 0.6) is 0 Å². The number of nitrogens with zero attached hydrogens (tertiary/aromatic N) is 1. The number of anilines is 1. The van der Waals surface area contributed by atoms with Gasteiger partial charge in [0.1, 0.15) is 5.82 Å². The molecule has 1 aromatic rings. The number of hydrogen-bond donors (Lipinski definition) is 3. The van der Waals surface area contributed by atoms with Crippen LogP contribution in [-0.4, -0.2) is 35.9 Å². The van der Waals surface area contributed by atoms with Crippen LogP contribution in [0.2, 0.25) is 0 Å². The minimum absolute atomic E-state index is 0.0820. The maximum absolute atomic E-state index is 11.8. The summed E-state index contributed by atoms with van der Waals surface area (Å²) in [5.74, 6) is 0.385. The molecule has 2 amide bonds. The van der Waals surface area contributed by atoms with Crippen LogP contribution in [0.25, 0.3) is 0 Å². The van der Waals surface area contributed by atoms with E-state index >= 15 is 0 Å². The van der Waals surface area contributed by atoms with Crippen molar-refractivity contribution in [2.75, 3.05) is 18.9 Å². The summed E-state index contributed by atoms with van der Waals surface area (Å²) in [7, 11) is 1.76. The maximum Gasteiger partial charge on any atom is 0.252 e. The second kappa shape index (κ2) is 6.88. The predicted octanol–water partition coefficient (Wildman–Crippen LogP) is 1.16. The van der Waals surface area contributed by atoms with Crippen LogP contribution in [0, 0.1) is 0 Å². The van der Waals surface area contributed by atoms with Crippen LogP contribution in [0.4, 0.5) is 5.82 Å². The third-order valence-electron chi connectivity index (χ3n) is 2.43. The molecular weight excluding hydrogens is 256 g/mol. The summed E-state index contributed by atoms with van der Waals surface area (Å²) in [6, 6.07) is 3.41.